The minimum absolute atomic E-state index is 0.00805. The van der Waals surface area contributed by atoms with E-state index in [4.69, 9.17) is 11.6 Å². The number of H-pyrrole nitrogens is 1. The number of fused-ring (bicyclic) bond motifs is 1. The highest BCUT2D eigenvalue weighted by Crippen LogP contribution is 2.24. The van der Waals surface area contributed by atoms with Gasteiger partial charge in [-0.2, -0.15) is 5.10 Å². The summed E-state index contributed by atoms with van der Waals surface area (Å²) in [7, 11) is 1.93. The second-order valence-corrected chi connectivity index (χ2v) is 7.15. The van der Waals surface area contributed by atoms with Crippen LogP contribution in [0.2, 0.25) is 5.02 Å². The topological polar surface area (TPSA) is 62.7 Å². The summed E-state index contributed by atoms with van der Waals surface area (Å²) in [6.07, 6.45) is 4.00. The summed E-state index contributed by atoms with van der Waals surface area (Å²) in [4.78, 5) is 15.6. The van der Waals surface area contributed by atoms with Crippen LogP contribution in [0.25, 0.3) is 10.9 Å². The number of amides is 1. The third-order valence-electron chi connectivity index (χ3n) is 4.64. The average Bonchev–Trinajstić information content (AvgIpc) is 3.14. The molecule has 0 bridgehead atoms. The molecule has 0 unspecified atom stereocenters. The van der Waals surface area contributed by atoms with Crippen molar-refractivity contribution in [3.05, 3.63) is 52.9 Å². The smallest absolute Gasteiger partial charge is 0.224 e. The van der Waals surface area contributed by atoms with Crippen molar-refractivity contribution in [1.29, 1.82) is 0 Å². The van der Waals surface area contributed by atoms with Gasteiger partial charge in [0.15, 0.2) is 0 Å². The number of carbonyl (C=O) groups excluding carboxylic acids is 1. The first-order valence-electron chi connectivity index (χ1n) is 8.46. The van der Waals surface area contributed by atoms with Crippen molar-refractivity contribution >= 4 is 28.4 Å². The van der Waals surface area contributed by atoms with Crippen LogP contribution in [-0.4, -0.2) is 27.2 Å². The van der Waals surface area contributed by atoms with Crippen molar-refractivity contribution in [2.45, 2.75) is 26.2 Å². The zero-order valence-electron chi connectivity index (χ0n) is 14.7. The predicted octanol–water partition coefficient (Wildman–Crippen LogP) is 3.65. The van der Waals surface area contributed by atoms with Gasteiger partial charge in [0.1, 0.15) is 0 Å². The monoisotopic (exact) mass is 358 g/mol. The minimum atomic E-state index is 0.00805. The van der Waals surface area contributed by atoms with E-state index in [1.807, 2.05) is 42.2 Å². The Bertz CT molecular complexity index is 881. The Morgan fingerprint density at radius 1 is 1.36 bits per heavy atom. The molecule has 0 fully saturated rings. The zero-order chi connectivity index (χ0) is 18.0. The fourth-order valence-corrected chi connectivity index (χ4v) is 3.36. The molecule has 132 valence electrons. The van der Waals surface area contributed by atoms with Crippen LogP contribution in [0.15, 0.2) is 36.7 Å². The predicted molar refractivity (Wildman–Crippen MR) is 101 cm³/mol. The molecule has 1 amide bonds. The van der Waals surface area contributed by atoms with E-state index in [-0.39, 0.29) is 11.8 Å². The SMILES string of the molecule is CC(C)[C@@H](CNC(=O)Cc1c[nH]c2ccc(Cl)cc12)c1ccnn1C. The first-order valence-corrected chi connectivity index (χ1v) is 8.83. The van der Waals surface area contributed by atoms with Gasteiger partial charge in [0.25, 0.3) is 0 Å². The molecule has 3 aromatic rings. The molecule has 0 aliphatic rings. The van der Waals surface area contributed by atoms with Crippen LogP contribution < -0.4 is 5.32 Å². The van der Waals surface area contributed by atoms with Crippen molar-refractivity contribution < 1.29 is 4.79 Å². The van der Waals surface area contributed by atoms with Gasteiger partial charge in [-0.05, 0) is 35.7 Å². The van der Waals surface area contributed by atoms with Crippen molar-refractivity contribution in [3.8, 4) is 0 Å². The van der Waals surface area contributed by atoms with Crippen LogP contribution in [0.4, 0.5) is 0 Å². The Labute approximate surface area is 152 Å². The first kappa shape index (κ1) is 17.5. The van der Waals surface area contributed by atoms with Crippen LogP contribution in [0.3, 0.4) is 0 Å². The molecular formula is C19H23ClN4O. The number of halogens is 1. The molecule has 0 aliphatic carbocycles. The van der Waals surface area contributed by atoms with E-state index < -0.39 is 0 Å². The molecule has 25 heavy (non-hydrogen) atoms. The Morgan fingerprint density at radius 2 is 2.16 bits per heavy atom. The fourth-order valence-electron chi connectivity index (χ4n) is 3.19. The lowest BCUT2D eigenvalue weighted by molar-refractivity contribution is -0.120. The Balaban J connectivity index is 1.67. The Kier molecular flexibility index (Phi) is 5.13. The van der Waals surface area contributed by atoms with E-state index in [9.17, 15) is 4.79 Å². The van der Waals surface area contributed by atoms with Crippen LogP contribution in [-0.2, 0) is 18.3 Å². The summed E-state index contributed by atoms with van der Waals surface area (Å²) in [5, 5.41) is 8.97. The highest BCUT2D eigenvalue weighted by molar-refractivity contribution is 6.31. The molecule has 0 radical (unpaired) electrons. The number of hydrogen-bond acceptors (Lipinski definition) is 2. The lowest BCUT2D eigenvalue weighted by Crippen LogP contribution is -2.32. The molecule has 2 aromatic heterocycles. The van der Waals surface area contributed by atoms with Crippen molar-refractivity contribution in [2.24, 2.45) is 13.0 Å². The maximum atomic E-state index is 12.4. The molecule has 0 saturated heterocycles. The molecule has 0 saturated carbocycles. The van der Waals surface area contributed by atoms with Gasteiger partial charge in [0, 0.05) is 53.5 Å². The molecule has 1 aromatic carbocycles. The minimum Gasteiger partial charge on any atom is -0.361 e. The third-order valence-corrected chi connectivity index (χ3v) is 4.88. The summed E-state index contributed by atoms with van der Waals surface area (Å²) in [5.74, 6) is 0.644. The van der Waals surface area contributed by atoms with Gasteiger partial charge >= 0.3 is 0 Å². The van der Waals surface area contributed by atoms with Crippen molar-refractivity contribution in [3.63, 3.8) is 0 Å². The number of aromatic nitrogens is 3. The van der Waals surface area contributed by atoms with E-state index in [2.05, 4.69) is 29.2 Å². The second kappa shape index (κ2) is 7.31. The highest BCUT2D eigenvalue weighted by Gasteiger charge is 2.20. The van der Waals surface area contributed by atoms with Gasteiger partial charge in [0.05, 0.1) is 6.42 Å². The van der Waals surface area contributed by atoms with E-state index in [1.165, 1.54) is 0 Å². The van der Waals surface area contributed by atoms with Gasteiger partial charge in [0.2, 0.25) is 5.91 Å². The largest absolute Gasteiger partial charge is 0.361 e. The second-order valence-electron chi connectivity index (χ2n) is 6.71. The van der Waals surface area contributed by atoms with Crippen LogP contribution >= 0.6 is 11.6 Å². The number of benzene rings is 1. The van der Waals surface area contributed by atoms with Gasteiger partial charge in [-0.25, -0.2) is 0 Å². The number of carbonyl (C=O) groups is 1. The fraction of sp³-hybridized carbons (Fsp3) is 0.368. The third kappa shape index (κ3) is 3.87. The van der Waals surface area contributed by atoms with Gasteiger partial charge in [-0.15, -0.1) is 0 Å². The molecule has 5 nitrogen and oxygen atoms in total. The number of nitrogens with zero attached hydrogens (tertiary/aromatic N) is 2. The summed E-state index contributed by atoms with van der Waals surface area (Å²) in [5.41, 5.74) is 3.08. The van der Waals surface area contributed by atoms with Crippen LogP contribution in [0, 0.1) is 5.92 Å². The Morgan fingerprint density at radius 3 is 2.84 bits per heavy atom. The average molecular weight is 359 g/mol. The number of hydrogen-bond donors (Lipinski definition) is 2. The maximum Gasteiger partial charge on any atom is 0.224 e. The van der Waals surface area contributed by atoms with Gasteiger partial charge in [-0.1, -0.05) is 25.4 Å². The lowest BCUT2D eigenvalue weighted by atomic mass is 9.92. The summed E-state index contributed by atoms with van der Waals surface area (Å²) in [6.45, 7) is 4.91. The molecule has 2 N–H and O–H groups in total. The normalized spacial score (nSPS) is 12.7. The van der Waals surface area contributed by atoms with Crippen molar-refractivity contribution in [1.82, 2.24) is 20.1 Å². The summed E-state index contributed by atoms with van der Waals surface area (Å²) < 4.78 is 1.87. The molecule has 0 aliphatic heterocycles. The molecular weight excluding hydrogens is 336 g/mol. The van der Waals surface area contributed by atoms with Crippen LogP contribution in [0.1, 0.15) is 31.0 Å². The Hall–Kier alpha value is -2.27. The highest BCUT2D eigenvalue weighted by atomic mass is 35.5. The van der Waals surface area contributed by atoms with E-state index in [0.29, 0.717) is 23.9 Å². The van der Waals surface area contributed by atoms with E-state index in [1.54, 1.807) is 6.20 Å². The number of rotatable bonds is 6. The quantitative estimate of drug-likeness (QED) is 0.706. The van der Waals surface area contributed by atoms with Gasteiger partial charge in [-0.3, -0.25) is 9.48 Å². The standard InChI is InChI=1S/C19H23ClN4O/c1-12(2)16(18-6-7-23-24(18)3)11-22-19(25)8-13-10-21-17-5-4-14(20)9-15(13)17/h4-7,9-10,12,16,21H,8,11H2,1-3H3,(H,22,25)/t16-/m1/s1. The molecule has 6 heteroatoms. The lowest BCUT2D eigenvalue weighted by Gasteiger charge is -2.21. The maximum absolute atomic E-state index is 12.4. The van der Waals surface area contributed by atoms with Crippen molar-refractivity contribution in [2.75, 3.05) is 6.54 Å². The first-order chi connectivity index (χ1) is 12.0. The number of nitrogens with one attached hydrogen (secondary N) is 2. The van der Waals surface area contributed by atoms with Crippen LogP contribution in [0.5, 0.6) is 0 Å². The molecule has 2 heterocycles. The van der Waals surface area contributed by atoms with Gasteiger partial charge < -0.3 is 10.3 Å². The summed E-state index contributed by atoms with van der Waals surface area (Å²) in [6, 6.07) is 7.67. The summed E-state index contributed by atoms with van der Waals surface area (Å²) >= 11 is 6.07. The molecule has 3 rings (SSSR count). The molecule has 1 atom stereocenters. The van der Waals surface area contributed by atoms with E-state index >= 15 is 0 Å². The number of aryl methyl sites for hydroxylation is 1. The van der Waals surface area contributed by atoms with E-state index in [0.717, 1.165) is 22.2 Å². The zero-order valence-corrected chi connectivity index (χ0v) is 15.5. The number of aromatic amines is 1. The molecule has 0 spiro atoms.